The molecule has 2 fully saturated rings. The minimum absolute atomic E-state index is 0.200. The number of sulfonamides is 1. The quantitative estimate of drug-likeness (QED) is 0.644. The monoisotopic (exact) mass is 463 g/mol. The SMILES string of the molecule is CC(=O)N1c2ccc(S(=O)(=O)N3CCCC3)cc2CC1C(=O)NCCN1CCN(C)CC1. The summed E-state index contributed by atoms with van der Waals surface area (Å²) in [7, 11) is -1.44. The number of nitrogens with one attached hydrogen (secondary N) is 1. The maximum absolute atomic E-state index is 13.0. The van der Waals surface area contributed by atoms with E-state index in [4.69, 9.17) is 0 Å². The molecule has 2 saturated heterocycles. The van der Waals surface area contributed by atoms with Crippen LogP contribution in [0.5, 0.6) is 0 Å². The second-order valence-electron chi connectivity index (χ2n) is 8.95. The summed E-state index contributed by atoms with van der Waals surface area (Å²) in [6.45, 7) is 7.82. The Morgan fingerprint density at radius 2 is 1.75 bits per heavy atom. The van der Waals surface area contributed by atoms with E-state index in [2.05, 4.69) is 22.2 Å². The maximum Gasteiger partial charge on any atom is 0.243 e. The van der Waals surface area contributed by atoms with Crippen LogP contribution in [0.4, 0.5) is 5.69 Å². The highest BCUT2D eigenvalue weighted by Gasteiger charge is 2.38. The number of carbonyl (C=O) groups is 2. The molecule has 1 N–H and O–H groups in total. The average molecular weight is 464 g/mol. The molecule has 9 nitrogen and oxygen atoms in total. The second kappa shape index (κ2) is 9.46. The minimum atomic E-state index is -3.55. The molecular formula is C22H33N5O4S. The number of anilines is 1. The maximum atomic E-state index is 13.0. The van der Waals surface area contributed by atoms with Crippen molar-refractivity contribution < 1.29 is 18.0 Å². The van der Waals surface area contributed by atoms with Gasteiger partial charge in [0.2, 0.25) is 21.8 Å². The summed E-state index contributed by atoms with van der Waals surface area (Å²) < 4.78 is 27.4. The minimum Gasteiger partial charge on any atom is -0.353 e. The summed E-state index contributed by atoms with van der Waals surface area (Å²) in [6, 6.07) is 4.20. The van der Waals surface area contributed by atoms with Gasteiger partial charge in [0.05, 0.1) is 4.90 Å². The predicted molar refractivity (Wildman–Crippen MR) is 122 cm³/mol. The molecule has 10 heteroatoms. The predicted octanol–water partition coefficient (Wildman–Crippen LogP) is 0.112. The Hall–Kier alpha value is -2.01. The number of benzene rings is 1. The Labute approximate surface area is 190 Å². The highest BCUT2D eigenvalue weighted by molar-refractivity contribution is 7.89. The molecule has 0 aliphatic carbocycles. The number of piperazine rings is 1. The number of carbonyl (C=O) groups excluding carboxylic acids is 2. The summed E-state index contributed by atoms with van der Waals surface area (Å²) in [5.41, 5.74) is 1.34. The largest absolute Gasteiger partial charge is 0.353 e. The van der Waals surface area contributed by atoms with Gasteiger partial charge in [0, 0.05) is 71.4 Å². The van der Waals surface area contributed by atoms with Gasteiger partial charge in [-0.3, -0.25) is 19.4 Å². The van der Waals surface area contributed by atoms with Crippen LogP contribution in [0.15, 0.2) is 23.1 Å². The summed E-state index contributed by atoms with van der Waals surface area (Å²) in [5, 5.41) is 2.98. The van der Waals surface area contributed by atoms with Crippen LogP contribution in [-0.2, 0) is 26.0 Å². The van der Waals surface area contributed by atoms with Crippen molar-refractivity contribution in [3.63, 3.8) is 0 Å². The van der Waals surface area contributed by atoms with E-state index in [1.807, 2.05) is 0 Å². The summed E-state index contributed by atoms with van der Waals surface area (Å²) in [5.74, 6) is -0.424. The number of hydrogen-bond acceptors (Lipinski definition) is 6. The molecule has 176 valence electrons. The number of rotatable bonds is 6. The van der Waals surface area contributed by atoms with Crippen LogP contribution in [0.1, 0.15) is 25.3 Å². The van der Waals surface area contributed by atoms with E-state index >= 15 is 0 Å². The van der Waals surface area contributed by atoms with Gasteiger partial charge in [0.15, 0.2) is 0 Å². The van der Waals surface area contributed by atoms with Gasteiger partial charge in [0.1, 0.15) is 6.04 Å². The molecule has 1 unspecified atom stereocenters. The van der Waals surface area contributed by atoms with E-state index in [9.17, 15) is 18.0 Å². The Morgan fingerprint density at radius 3 is 2.41 bits per heavy atom. The lowest BCUT2D eigenvalue weighted by atomic mass is 10.1. The zero-order valence-corrected chi connectivity index (χ0v) is 19.7. The number of nitrogens with zero attached hydrogens (tertiary/aromatic N) is 4. The first-order chi connectivity index (χ1) is 15.3. The molecule has 3 aliphatic rings. The first-order valence-corrected chi connectivity index (χ1v) is 12.8. The molecule has 32 heavy (non-hydrogen) atoms. The van der Waals surface area contributed by atoms with Crippen LogP contribution in [-0.4, -0.2) is 99.8 Å². The molecule has 1 aromatic carbocycles. The Bertz CT molecular complexity index is 969. The first-order valence-electron chi connectivity index (χ1n) is 11.4. The lowest BCUT2D eigenvalue weighted by molar-refractivity contribution is -0.125. The van der Waals surface area contributed by atoms with Crippen molar-refractivity contribution in [1.29, 1.82) is 0 Å². The van der Waals surface area contributed by atoms with Crippen LogP contribution >= 0.6 is 0 Å². The smallest absolute Gasteiger partial charge is 0.243 e. The molecule has 0 saturated carbocycles. The lowest BCUT2D eigenvalue weighted by Crippen LogP contribution is -2.50. The third kappa shape index (κ3) is 4.68. The molecule has 1 aromatic rings. The van der Waals surface area contributed by atoms with E-state index in [0.717, 1.165) is 51.1 Å². The van der Waals surface area contributed by atoms with Crippen molar-refractivity contribution >= 4 is 27.5 Å². The number of hydrogen-bond donors (Lipinski definition) is 1. The zero-order valence-electron chi connectivity index (χ0n) is 18.9. The molecule has 4 rings (SSSR count). The second-order valence-corrected chi connectivity index (χ2v) is 10.9. The van der Waals surface area contributed by atoms with E-state index in [1.54, 1.807) is 18.2 Å². The molecule has 0 aromatic heterocycles. The van der Waals surface area contributed by atoms with Gasteiger partial charge in [0.25, 0.3) is 0 Å². The fraction of sp³-hybridized carbons (Fsp3) is 0.636. The summed E-state index contributed by atoms with van der Waals surface area (Å²) in [6.07, 6.45) is 2.07. The van der Waals surface area contributed by atoms with Gasteiger partial charge >= 0.3 is 0 Å². The molecule has 3 aliphatic heterocycles. The number of fused-ring (bicyclic) bond motifs is 1. The van der Waals surface area contributed by atoms with Crippen molar-refractivity contribution in [2.75, 3.05) is 64.3 Å². The van der Waals surface area contributed by atoms with Crippen LogP contribution in [0.3, 0.4) is 0 Å². The van der Waals surface area contributed by atoms with Crippen molar-refractivity contribution in [2.45, 2.75) is 37.1 Å². The van der Waals surface area contributed by atoms with Crippen LogP contribution in [0.2, 0.25) is 0 Å². The zero-order chi connectivity index (χ0) is 22.9. The fourth-order valence-electron chi connectivity index (χ4n) is 4.79. The highest BCUT2D eigenvalue weighted by Crippen LogP contribution is 2.35. The number of likely N-dealkylation sites (N-methyl/N-ethyl adjacent to an activating group) is 1. The van der Waals surface area contributed by atoms with Gasteiger partial charge in [-0.25, -0.2) is 8.42 Å². The van der Waals surface area contributed by atoms with Crippen molar-refractivity contribution in [1.82, 2.24) is 19.4 Å². The van der Waals surface area contributed by atoms with Gasteiger partial charge in [-0.2, -0.15) is 4.31 Å². The normalized spacial score (nSPS) is 22.8. The third-order valence-electron chi connectivity index (χ3n) is 6.70. The molecule has 0 bridgehead atoms. The topological polar surface area (TPSA) is 93.3 Å². The first kappa shape index (κ1) is 23.2. The van der Waals surface area contributed by atoms with Gasteiger partial charge < -0.3 is 10.2 Å². The lowest BCUT2D eigenvalue weighted by Gasteiger charge is -2.32. The van der Waals surface area contributed by atoms with Crippen molar-refractivity contribution in [3.05, 3.63) is 23.8 Å². The Morgan fingerprint density at radius 1 is 1.06 bits per heavy atom. The van der Waals surface area contributed by atoms with Crippen molar-refractivity contribution in [3.8, 4) is 0 Å². The molecule has 3 heterocycles. The fourth-order valence-corrected chi connectivity index (χ4v) is 6.36. The van der Waals surface area contributed by atoms with Gasteiger partial charge in [-0.05, 0) is 43.7 Å². The van der Waals surface area contributed by atoms with Crippen LogP contribution in [0.25, 0.3) is 0 Å². The van der Waals surface area contributed by atoms with Crippen LogP contribution < -0.4 is 10.2 Å². The molecule has 1 atom stereocenters. The van der Waals surface area contributed by atoms with Crippen molar-refractivity contribution in [2.24, 2.45) is 0 Å². The van der Waals surface area contributed by atoms with E-state index in [1.165, 1.54) is 16.1 Å². The molecule has 0 radical (unpaired) electrons. The van der Waals surface area contributed by atoms with Crippen LogP contribution in [0, 0.1) is 0 Å². The standard InChI is InChI=1S/C22H33N5O4S/c1-17(28)27-20-6-5-19(32(30,31)26-8-3-4-9-26)15-18(20)16-21(27)22(29)23-7-10-25-13-11-24(2)12-14-25/h5-6,15,21H,3-4,7-14,16H2,1-2H3,(H,23,29). The number of amides is 2. The third-order valence-corrected chi connectivity index (χ3v) is 8.60. The molecular weight excluding hydrogens is 430 g/mol. The highest BCUT2D eigenvalue weighted by atomic mass is 32.2. The van der Waals surface area contributed by atoms with Gasteiger partial charge in [-0.15, -0.1) is 0 Å². The Balaban J connectivity index is 1.43. The van der Waals surface area contributed by atoms with E-state index < -0.39 is 16.1 Å². The van der Waals surface area contributed by atoms with Gasteiger partial charge in [-0.1, -0.05) is 0 Å². The summed E-state index contributed by atoms with van der Waals surface area (Å²) in [4.78, 5) is 31.7. The molecule has 2 amide bonds. The summed E-state index contributed by atoms with van der Waals surface area (Å²) >= 11 is 0. The Kier molecular flexibility index (Phi) is 6.85. The van der Waals surface area contributed by atoms with E-state index in [0.29, 0.717) is 31.7 Å². The van der Waals surface area contributed by atoms with E-state index in [-0.39, 0.29) is 16.7 Å². The average Bonchev–Trinajstić information content (AvgIpc) is 3.43. The molecule has 0 spiro atoms.